The van der Waals surface area contributed by atoms with Crippen molar-refractivity contribution < 1.29 is 4.79 Å². The molecule has 1 fully saturated rings. The maximum atomic E-state index is 11.2. The van der Waals surface area contributed by atoms with Crippen LogP contribution in [-0.2, 0) is 23.2 Å². The molecule has 3 nitrogen and oxygen atoms in total. The second-order valence-electron chi connectivity index (χ2n) is 8.43. The summed E-state index contributed by atoms with van der Waals surface area (Å²) in [5, 5.41) is 7.43. The van der Waals surface area contributed by atoms with Crippen molar-refractivity contribution >= 4 is 22.9 Å². The number of hydrogen-bond donors (Lipinski definition) is 1. The minimum absolute atomic E-state index is 0.0287. The fraction of sp³-hybridized carbons (Fsp3) is 0.346. The Morgan fingerprint density at radius 2 is 1.73 bits per heavy atom. The van der Waals surface area contributed by atoms with Gasteiger partial charge >= 0.3 is 0 Å². The number of anilines is 1. The molecule has 0 spiro atoms. The molecule has 2 heterocycles. The summed E-state index contributed by atoms with van der Waals surface area (Å²) in [6.07, 6.45) is 4.77. The molecule has 0 saturated carbocycles. The number of nitrogens with zero attached hydrogens (tertiary/aromatic N) is 1. The molecular formula is C26H30N2OS. The summed E-state index contributed by atoms with van der Waals surface area (Å²) in [4.78, 5) is 13.8. The lowest BCUT2D eigenvalue weighted by molar-refractivity contribution is -0.114. The van der Waals surface area contributed by atoms with Crippen LogP contribution in [-0.4, -0.2) is 23.9 Å². The standard InChI is InChI=1S/C26H30N2OS/c1-21(29)27-25-9-7-23(8-10-25)19-28-16-14-26(15-17-28,24-12-18-30-20-24)13-11-22-5-3-2-4-6-22/h2-10,12,18,20H,11,13-17,19H2,1H3,(H,27,29). The zero-order chi connectivity index (χ0) is 20.8. The van der Waals surface area contributed by atoms with Crippen LogP contribution in [0, 0.1) is 0 Å². The molecule has 3 aromatic rings. The van der Waals surface area contributed by atoms with E-state index in [4.69, 9.17) is 0 Å². The molecule has 30 heavy (non-hydrogen) atoms. The number of benzene rings is 2. The zero-order valence-electron chi connectivity index (χ0n) is 17.6. The van der Waals surface area contributed by atoms with Gasteiger partial charge < -0.3 is 5.32 Å². The molecule has 2 aromatic carbocycles. The molecule has 1 aliphatic rings. The zero-order valence-corrected chi connectivity index (χ0v) is 18.5. The van der Waals surface area contributed by atoms with Crippen LogP contribution in [0.2, 0.25) is 0 Å². The molecule has 0 aliphatic carbocycles. The van der Waals surface area contributed by atoms with E-state index >= 15 is 0 Å². The van der Waals surface area contributed by atoms with Crippen LogP contribution in [0.3, 0.4) is 0 Å². The number of nitrogens with one attached hydrogen (secondary N) is 1. The highest BCUT2D eigenvalue weighted by Gasteiger charge is 2.36. The average Bonchev–Trinajstić information content (AvgIpc) is 3.31. The van der Waals surface area contributed by atoms with Crippen LogP contribution in [0.15, 0.2) is 71.4 Å². The predicted octanol–water partition coefficient (Wildman–Crippen LogP) is 5.87. The number of rotatable bonds is 7. The molecule has 0 atom stereocenters. The molecule has 1 aromatic heterocycles. The topological polar surface area (TPSA) is 32.3 Å². The van der Waals surface area contributed by atoms with Crippen molar-refractivity contribution in [2.75, 3.05) is 18.4 Å². The molecule has 4 heteroatoms. The van der Waals surface area contributed by atoms with Gasteiger partial charge in [-0.05, 0) is 89.8 Å². The number of amides is 1. The van der Waals surface area contributed by atoms with Gasteiger partial charge in [0.1, 0.15) is 0 Å². The molecule has 0 radical (unpaired) electrons. The normalized spacial score (nSPS) is 16.3. The number of carbonyl (C=O) groups excluding carboxylic acids is 1. The Labute approximate surface area is 183 Å². The highest BCUT2D eigenvalue weighted by molar-refractivity contribution is 7.08. The number of piperidine rings is 1. The molecule has 1 saturated heterocycles. The Morgan fingerprint density at radius 1 is 1.00 bits per heavy atom. The third kappa shape index (κ3) is 5.18. The fourth-order valence-electron chi connectivity index (χ4n) is 4.57. The number of aryl methyl sites for hydroxylation is 1. The molecular weight excluding hydrogens is 388 g/mol. The average molecular weight is 419 g/mol. The Hall–Kier alpha value is -2.43. The third-order valence-electron chi connectivity index (χ3n) is 6.36. The van der Waals surface area contributed by atoms with Gasteiger partial charge in [-0.1, -0.05) is 42.5 Å². The summed E-state index contributed by atoms with van der Waals surface area (Å²) in [6.45, 7) is 4.76. The maximum Gasteiger partial charge on any atom is 0.221 e. The lowest BCUT2D eigenvalue weighted by atomic mass is 9.70. The smallest absolute Gasteiger partial charge is 0.221 e. The van der Waals surface area contributed by atoms with E-state index in [2.05, 4.69) is 69.5 Å². The largest absolute Gasteiger partial charge is 0.326 e. The summed E-state index contributed by atoms with van der Waals surface area (Å²) < 4.78 is 0. The Morgan fingerprint density at radius 3 is 2.37 bits per heavy atom. The van der Waals surface area contributed by atoms with E-state index in [-0.39, 0.29) is 5.91 Å². The first-order valence-electron chi connectivity index (χ1n) is 10.8. The van der Waals surface area contributed by atoms with Gasteiger partial charge in [0, 0.05) is 19.2 Å². The molecule has 1 N–H and O–H groups in total. The van der Waals surface area contributed by atoms with E-state index in [0.29, 0.717) is 5.41 Å². The van der Waals surface area contributed by atoms with Crippen LogP contribution in [0.1, 0.15) is 42.9 Å². The molecule has 0 unspecified atom stereocenters. The van der Waals surface area contributed by atoms with E-state index in [1.807, 2.05) is 23.5 Å². The first-order chi connectivity index (χ1) is 14.6. The van der Waals surface area contributed by atoms with Crippen LogP contribution in [0.25, 0.3) is 0 Å². The van der Waals surface area contributed by atoms with Crippen molar-refractivity contribution in [3.8, 4) is 0 Å². The van der Waals surface area contributed by atoms with E-state index in [1.165, 1.54) is 36.0 Å². The summed E-state index contributed by atoms with van der Waals surface area (Å²) in [6, 6.07) is 21.5. The van der Waals surface area contributed by atoms with Crippen LogP contribution in [0.4, 0.5) is 5.69 Å². The Kier molecular flexibility index (Phi) is 6.66. The Balaban J connectivity index is 1.38. The highest BCUT2D eigenvalue weighted by atomic mass is 32.1. The van der Waals surface area contributed by atoms with Gasteiger partial charge in [-0.2, -0.15) is 11.3 Å². The van der Waals surface area contributed by atoms with E-state index in [1.54, 1.807) is 6.92 Å². The number of carbonyl (C=O) groups is 1. The minimum Gasteiger partial charge on any atom is -0.326 e. The van der Waals surface area contributed by atoms with Gasteiger partial charge in [0.15, 0.2) is 0 Å². The van der Waals surface area contributed by atoms with Crippen LogP contribution >= 0.6 is 11.3 Å². The highest BCUT2D eigenvalue weighted by Crippen LogP contribution is 2.41. The quantitative estimate of drug-likeness (QED) is 0.520. The predicted molar refractivity (Wildman–Crippen MR) is 126 cm³/mol. The van der Waals surface area contributed by atoms with E-state index in [9.17, 15) is 4.79 Å². The van der Waals surface area contributed by atoms with Crippen molar-refractivity contribution in [3.05, 3.63) is 88.1 Å². The van der Waals surface area contributed by atoms with Crippen LogP contribution < -0.4 is 5.32 Å². The lowest BCUT2D eigenvalue weighted by Gasteiger charge is -2.42. The lowest BCUT2D eigenvalue weighted by Crippen LogP contribution is -2.42. The van der Waals surface area contributed by atoms with Gasteiger partial charge in [0.25, 0.3) is 0 Å². The van der Waals surface area contributed by atoms with Crippen molar-refractivity contribution in [1.82, 2.24) is 4.90 Å². The van der Waals surface area contributed by atoms with Gasteiger partial charge in [0.05, 0.1) is 0 Å². The van der Waals surface area contributed by atoms with Gasteiger partial charge in [-0.3, -0.25) is 9.69 Å². The molecule has 1 amide bonds. The van der Waals surface area contributed by atoms with E-state index < -0.39 is 0 Å². The summed E-state index contributed by atoms with van der Waals surface area (Å²) in [7, 11) is 0. The van der Waals surface area contributed by atoms with Gasteiger partial charge in [0.2, 0.25) is 5.91 Å². The van der Waals surface area contributed by atoms with Crippen molar-refractivity contribution in [1.29, 1.82) is 0 Å². The number of likely N-dealkylation sites (tertiary alicyclic amines) is 1. The minimum atomic E-state index is -0.0287. The van der Waals surface area contributed by atoms with Crippen molar-refractivity contribution in [2.24, 2.45) is 0 Å². The first kappa shape index (κ1) is 20.8. The monoisotopic (exact) mass is 418 g/mol. The fourth-order valence-corrected chi connectivity index (χ4v) is 5.35. The molecule has 0 bridgehead atoms. The number of thiophene rings is 1. The number of hydrogen-bond acceptors (Lipinski definition) is 3. The van der Waals surface area contributed by atoms with Crippen molar-refractivity contribution in [2.45, 2.75) is 44.6 Å². The van der Waals surface area contributed by atoms with Gasteiger partial charge in [-0.25, -0.2) is 0 Å². The SMILES string of the molecule is CC(=O)Nc1ccc(CN2CCC(CCc3ccccc3)(c3ccsc3)CC2)cc1. The second kappa shape index (κ2) is 9.59. The Bertz CT molecular complexity index is 927. The van der Waals surface area contributed by atoms with Gasteiger partial charge in [-0.15, -0.1) is 0 Å². The molecule has 156 valence electrons. The summed E-state index contributed by atoms with van der Waals surface area (Å²) >= 11 is 1.82. The molecule has 1 aliphatic heterocycles. The van der Waals surface area contributed by atoms with Crippen LogP contribution in [0.5, 0.6) is 0 Å². The summed E-state index contributed by atoms with van der Waals surface area (Å²) in [5.74, 6) is -0.0287. The first-order valence-corrected chi connectivity index (χ1v) is 11.7. The summed E-state index contributed by atoms with van der Waals surface area (Å²) in [5.41, 5.74) is 5.43. The van der Waals surface area contributed by atoms with Crippen molar-refractivity contribution in [3.63, 3.8) is 0 Å². The third-order valence-corrected chi connectivity index (χ3v) is 7.05. The second-order valence-corrected chi connectivity index (χ2v) is 9.21. The maximum absolute atomic E-state index is 11.2. The van der Waals surface area contributed by atoms with E-state index in [0.717, 1.165) is 31.7 Å². The molecule has 4 rings (SSSR count).